The number of fused-ring (bicyclic) bond motifs is 1. The summed E-state index contributed by atoms with van der Waals surface area (Å²) in [6.45, 7) is 2.44. The second-order valence-electron chi connectivity index (χ2n) is 4.68. The second-order valence-corrected chi connectivity index (χ2v) is 5.09. The van der Waals surface area contributed by atoms with E-state index in [9.17, 15) is 5.11 Å². The van der Waals surface area contributed by atoms with Gasteiger partial charge in [-0.1, -0.05) is 41.9 Å². The maximum Gasteiger partial charge on any atom is 0.153 e. The highest BCUT2D eigenvalue weighted by Gasteiger charge is 2.20. The molecular formula is C17H15ClO3. The number of aliphatic hydroxyl groups is 1. The first-order chi connectivity index (χ1) is 10.2. The van der Waals surface area contributed by atoms with Gasteiger partial charge in [0.15, 0.2) is 5.58 Å². The average Bonchev–Trinajstić information content (AvgIpc) is 2.93. The summed E-state index contributed by atoms with van der Waals surface area (Å²) in [5, 5.41) is 12.0. The molecule has 1 heterocycles. The summed E-state index contributed by atoms with van der Waals surface area (Å²) in [5.74, 6) is 1.10. The van der Waals surface area contributed by atoms with Crippen LogP contribution in [0.3, 0.4) is 0 Å². The molecule has 0 aliphatic heterocycles. The molecule has 0 saturated carbocycles. The fourth-order valence-corrected chi connectivity index (χ4v) is 2.55. The van der Waals surface area contributed by atoms with Crippen LogP contribution in [0.2, 0.25) is 5.02 Å². The van der Waals surface area contributed by atoms with Gasteiger partial charge in [0.25, 0.3) is 0 Å². The predicted molar refractivity (Wildman–Crippen MR) is 82.9 cm³/mol. The molecule has 0 amide bonds. The van der Waals surface area contributed by atoms with Crippen LogP contribution in [0, 0.1) is 0 Å². The Morgan fingerprint density at radius 3 is 2.76 bits per heavy atom. The summed E-state index contributed by atoms with van der Waals surface area (Å²) in [7, 11) is 0. The van der Waals surface area contributed by atoms with Crippen molar-refractivity contribution in [3.63, 3.8) is 0 Å². The van der Waals surface area contributed by atoms with Crippen molar-refractivity contribution in [3.8, 4) is 5.75 Å². The van der Waals surface area contributed by atoms with Crippen LogP contribution in [0.4, 0.5) is 0 Å². The molecule has 3 rings (SSSR count). The van der Waals surface area contributed by atoms with Gasteiger partial charge in [0, 0.05) is 10.9 Å². The highest BCUT2D eigenvalue weighted by Crippen LogP contribution is 2.35. The van der Waals surface area contributed by atoms with Crippen molar-refractivity contribution in [1.82, 2.24) is 0 Å². The van der Waals surface area contributed by atoms with Gasteiger partial charge in [-0.25, -0.2) is 0 Å². The normalized spacial score (nSPS) is 12.5. The van der Waals surface area contributed by atoms with Gasteiger partial charge in [0.05, 0.1) is 11.6 Å². The minimum absolute atomic E-state index is 0.449. The van der Waals surface area contributed by atoms with Crippen LogP contribution in [0.15, 0.2) is 52.9 Å². The van der Waals surface area contributed by atoms with Gasteiger partial charge in [-0.3, -0.25) is 0 Å². The Bertz CT molecular complexity index is 764. The minimum Gasteiger partial charge on any atom is -0.493 e. The maximum atomic E-state index is 10.6. The predicted octanol–water partition coefficient (Wildman–Crippen LogP) is 4.57. The topological polar surface area (TPSA) is 42.6 Å². The molecule has 0 bridgehead atoms. The average molecular weight is 303 g/mol. The van der Waals surface area contributed by atoms with Gasteiger partial charge in [0.1, 0.15) is 17.6 Å². The number of halogens is 1. The standard InChI is InChI=1S/C17H15ClO3/c1-2-20-14-9-4-3-7-12(14)16(19)15-10-11-6-5-8-13(18)17(11)21-15/h3-10,16,19H,2H2,1H3. The third-order valence-corrected chi connectivity index (χ3v) is 3.60. The molecular weight excluding hydrogens is 288 g/mol. The Kier molecular flexibility index (Phi) is 3.86. The van der Waals surface area contributed by atoms with Gasteiger partial charge in [-0.05, 0) is 25.1 Å². The number of ether oxygens (including phenoxy) is 1. The van der Waals surface area contributed by atoms with E-state index in [1.807, 2.05) is 43.3 Å². The molecule has 1 atom stereocenters. The Hall–Kier alpha value is -1.97. The number of rotatable bonds is 4. The zero-order chi connectivity index (χ0) is 14.8. The van der Waals surface area contributed by atoms with E-state index in [0.29, 0.717) is 34.3 Å². The maximum absolute atomic E-state index is 10.6. The molecule has 0 saturated heterocycles. The van der Waals surface area contributed by atoms with Crippen LogP contribution < -0.4 is 4.74 Å². The number of hydrogen-bond acceptors (Lipinski definition) is 3. The first-order valence-corrected chi connectivity index (χ1v) is 7.16. The lowest BCUT2D eigenvalue weighted by molar-refractivity contribution is 0.186. The van der Waals surface area contributed by atoms with Gasteiger partial charge in [0.2, 0.25) is 0 Å². The van der Waals surface area contributed by atoms with E-state index in [1.165, 1.54) is 0 Å². The molecule has 4 heteroatoms. The third kappa shape index (κ3) is 2.62. The monoisotopic (exact) mass is 302 g/mol. The summed E-state index contributed by atoms with van der Waals surface area (Å²) in [4.78, 5) is 0. The third-order valence-electron chi connectivity index (χ3n) is 3.30. The van der Waals surface area contributed by atoms with Crippen molar-refractivity contribution in [2.24, 2.45) is 0 Å². The lowest BCUT2D eigenvalue weighted by atomic mass is 10.1. The van der Waals surface area contributed by atoms with Gasteiger partial charge in [-0.2, -0.15) is 0 Å². The van der Waals surface area contributed by atoms with Crippen LogP contribution in [-0.4, -0.2) is 11.7 Å². The molecule has 0 spiro atoms. The van der Waals surface area contributed by atoms with E-state index < -0.39 is 6.10 Å². The Balaban J connectivity index is 2.04. The number of hydrogen-bond donors (Lipinski definition) is 1. The van der Waals surface area contributed by atoms with Gasteiger partial charge >= 0.3 is 0 Å². The van der Waals surface area contributed by atoms with Crippen LogP contribution in [0.5, 0.6) is 5.75 Å². The molecule has 0 aliphatic rings. The quantitative estimate of drug-likeness (QED) is 0.768. The highest BCUT2D eigenvalue weighted by atomic mass is 35.5. The fourth-order valence-electron chi connectivity index (χ4n) is 2.33. The van der Waals surface area contributed by atoms with Crippen LogP contribution in [-0.2, 0) is 0 Å². The van der Waals surface area contributed by atoms with Crippen LogP contribution >= 0.6 is 11.6 Å². The summed E-state index contributed by atoms with van der Waals surface area (Å²) < 4.78 is 11.3. The Labute approximate surface area is 127 Å². The molecule has 3 aromatic rings. The number of benzene rings is 2. The molecule has 0 aliphatic carbocycles. The molecule has 3 nitrogen and oxygen atoms in total. The summed E-state index contributed by atoms with van der Waals surface area (Å²) in [6, 6.07) is 14.7. The fraction of sp³-hybridized carbons (Fsp3) is 0.176. The number of aliphatic hydroxyl groups excluding tert-OH is 1. The van der Waals surface area contributed by atoms with Crippen molar-refractivity contribution in [1.29, 1.82) is 0 Å². The lowest BCUT2D eigenvalue weighted by Gasteiger charge is -2.13. The van der Waals surface area contributed by atoms with Crippen molar-refractivity contribution in [2.45, 2.75) is 13.0 Å². The van der Waals surface area contributed by atoms with Crippen LogP contribution in [0.25, 0.3) is 11.0 Å². The zero-order valence-corrected chi connectivity index (χ0v) is 12.3. The lowest BCUT2D eigenvalue weighted by Crippen LogP contribution is -2.02. The summed E-state index contributed by atoms with van der Waals surface area (Å²) in [5.41, 5.74) is 1.26. The first-order valence-electron chi connectivity index (χ1n) is 6.78. The Morgan fingerprint density at radius 2 is 2.00 bits per heavy atom. The molecule has 21 heavy (non-hydrogen) atoms. The van der Waals surface area contributed by atoms with E-state index in [1.54, 1.807) is 12.1 Å². The van der Waals surface area contributed by atoms with Gasteiger partial charge in [-0.15, -0.1) is 0 Å². The molecule has 1 unspecified atom stereocenters. The minimum atomic E-state index is -0.892. The van der Waals surface area contributed by atoms with E-state index >= 15 is 0 Å². The molecule has 2 aromatic carbocycles. The van der Waals surface area contributed by atoms with Crippen LogP contribution in [0.1, 0.15) is 24.4 Å². The summed E-state index contributed by atoms with van der Waals surface area (Å²) in [6.07, 6.45) is -0.892. The zero-order valence-electron chi connectivity index (χ0n) is 11.5. The Morgan fingerprint density at radius 1 is 1.19 bits per heavy atom. The van der Waals surface area contributed by atoms with Crippen molar-refractivity contribution in [2.75, 3.05) is 6.61 Å². The van der Waals surface area contributed by atoms with Crippen molar-refractivity contribution < 1.29 is 14.3 Å². The van der Waals surface area contributed by atoms with Crippen molar-refractivity contribution >= 4 is 22.6 Å². The largest absolute Gasteiger partial charge is 0.493 e. The smallest absolute Gasteiger partial charge is 0.153 e. The SMILES string of the molecule is CCOc1ccccc1C(O)c1cc2cccc(Cl)c2o1. The molecule has 0 fully saturated rings. The highest BCUT2D eigenvalue weighted by molar-refractivity contribution is 6.34. The molecule has 1 N–H and O–H groups in total. The van der Waals surface area contributed by atoms with Crippen molar-refractivity contribution in [3.05, 3.63) is 64.9 Å². The summed E-state index contributed by atoms with van der Waals surface area (Å²) >= 11 is 6.10. The first kappa shape index (κ1) is 14.0. The van der Waals surface area contributed by atoms with E-state index in [4.69, 9.17) is 20.8 Å². The van der Waals surface area contributed by atoms with E-state index in [2.05, 4.69) is 0 Å². The van der Waals surface area contributed by atoms with E-state index in [-0.39, 0.29) is 0 Å². The van der Waals surface area contributed by atoms with Gasteiger partial charge < -0.3 is 14.3 Å². The molecule has 108 valence electrons. The second kappa shape index (κ2) is 5.80. The molecule has 0 radical (unpaired) electrons. The number of furan rings is 1. The van der Waals surface area contributed by atoms with E-state index in [0.717, 1.165) is 5.39 Å². The molecule has 1 aromatic heterocycles. The number of para-hydroxylation sites is 2.